The summed E-state index contributed by atoms with van der Waals surface area (Å²) in [6.07, 6.45) is -1.11. The zero-order valence-electron chi connectivity index (χ0n) is 10.5. The number of sulfone groups is 1. The molecule has 0 amide bonds. The van der Waals surface area contributed by atoms with Crippen LogP contribution in [0.25, 0.3) is 0 Å². The average molecular weight is 286 g/mol. The molecule has 1 heterocycles. The van der Waals surface area contributed by atoms with E-state index < -0.39 is 16.0 Å². The highest BCUT2D eigenvalue weighted by Crippen LogP contribution is 2.40. The minimum absolute atomic E-state index is 0.0581. The van der Waals surface area contributed by atoms with Crippen molar-refractivity contribution in [3.63, 3.8) is 0 Å². The Kier molecular flexibility index (Phi) is 3.40. The number of ether oxygens (including phenoxy) is 2. The van der Waals surface area contributed by atoms with Crippen molar-refractivity contribution in [2.24, 2.45) is 0 Å². The first-order chi connectivity index (χ1) is 8.83. The van der Waals surface area contributed by atoms with Gasteiger partial charge in [-0.1, -0.05) is 6.92 Å². The van der Waals surface area contributed by atoms with Crippen molar-refractivity contribution in [3.05, 3.63) is 17.7 Å². The molecule has 1 atom stereocenters. The molecule has 1 N–H and O–H groups in total. The smallest absolute Gasteiger partial charge is 0.486 e. The summed E-state index contributed by atoms with van der Waals surface area (Å²) in [7, 11) is -3.42. The number of fused-ring (bicyclic) bond motifs is 1. The molecule has 0 aliphatic carbocycles. The second-order valence-corrected chi connectivity index (χ2v) is 6.59. The van der Waals surface area contributed by atoms with Gasteiger partial charge in [-0.05, 0) is 13.0 Å². The fourth-order valence-electron chi connectivity index (χ4n) is 1.99. The highest BCUT2D eigenvalue weighted by molar-refractivity contribution is 7.91. The Labute approximate surface area is 110 Å². The summed E-state index contributed by atoms with van der Waals surface area (Å²) in [5.41, 5.74) is 0.651. The SMILES string of the molecule is CCS(=O)(=O)c1cc2c(c(OC(=O)O)c1)OC(C)C2. The van der Waals surface area contributed by atoms with Gasteiger partial charge in [0.2, 0.25) is 0 Å². The van der Waals surface area contributed by atoms with E-state index in [1.54, 1.807) is 0 Å². The first kappa shape index (κ1) is 13.7. The van der Waals surface area contributed by atoms with Crippen LogP contribution >= 0.6 is 0 Å². The molecule has 1 aromatic rings. The summed E-state index contributed by atoms with van der Waals surface area (Å²) in [5, 5.41) is 8.69. The number of hydrogen-bond donors (Lipinski definition) is 1. The molecule has 0 aromatic heterocycles. The van der Waals surface area contributed by atoms with Crippen LogP contribution in [0.5, 0.6) is 11.5 Å². The summed E-state index contributed by atoms with van der Waals surface area (Å²) in [6.45, 7) is 3.35. The van der Waals surface area contributed by atoms with Gasteiger partial charge in [0.1, 0.15) is 6.10 Å². The number of carboxylic acid groups (broad SMARTS) is 1. The van der Waals surface area contributed by atoms with Crippen molar-refractivity contribution in [3.8, 4) is 11.5 Å². The Bertz CT molecular complexity index is 619. The van der Waals surface area contributed by atoms with Gasteiger partial charge in [0, 0.05) is 18.1 Å². The molecule has 0 saturated heterocycles. The van der Waals surface area contributed by atoms with Gasteiger partial charge >= 0.3 is 6.16 Å². The van der Waals surface area contributed by atoms with Crippen LogP contribution in [0.1, 0.15) is 19.4 Å². The van der Waals surface area contributed by atoms with Crippen LogP contribution in [0.4, 0.5) is 4.79 Å². The van der Waals surface area contributed by atoms with Crippen LogP contribution in [-0.4, -0.2) is 31.5 Å². The molecule has 7 heteroatoms. The summed E-state index contributed by atoms with van der Waals surface area (Å²) >= 11 is 0. The monoisotopic (exact) mass is 286 g/mol. The molecule has 1 aliphatic heterocycles. The van der Waals surface area contributed by atoms with Crippen molar-refractivity contribution in [1.82, 2.24) is 0 Å². The fourth-order valence-corrected chi connectivity index (χ4v) is 2.93. The van der Waals surface area contributed by atoms with Crippen molar-refractivity contribution >= 4 is 16.0 Å². The maximum absolute atomic E-state index is 11.9. The second-order valence-electron chi connectivity index (χ2n) is 4.31. The fraction of sp³-hybridized carbons (Fsp3) is 0.417. The van der Waals surface area contributed by atoms with Gasteiger partial charge in [-0.2, -0.15) is 0 Å². The molecule has 0 spiro atoms. The highest BCUT2D eigenvalue weighted by atomic mass is 32.2. The van der Waals surface area contributed by atoms with E-state index >= 15 is 0 Å². The first-order valence-electron chi connectivity index (χ1n) is 5.80. The zero-order chi connectivity index (χ0) is 14.2. The van der Waals surface area contributed by atoms with Crippen LogP contribution in [0.3, 0.4) is 0 Å². The molecule has 1 aliphatic rings. The third kappa shape index (κ3) is 2.65. The Morgan fingerprint density at radius 2 is 2.21 bits per heavy atom. The zero-order valence-corrected chi connectivity index (χ0v) is 11.4. The lowest BCUT2D eigenvalue weighted by atomic mass is 10.1. The van der Waals surface area contributed by atoms with E-state index in [2.05, 4.69) is 4.74 Å². The molecule has 2 rings (SSSR count). The Morgan fingerprint density at radius 3 is 2.79 bits per heavy atom. The molecular formula is C12H14O6S. The maximum atomic E-state index is 11.9. The van der Waals surface area contributed by atoms with E-state index in [-0.39, 0.29) is 22.5 Å². The Balaban J connectivity index is 2.56. The van der Waals surface area contributed by atoms with Gasteiger partial charge in [-0.25, -0.2) is 13.2 Å². The molecule has 6 nitrogen and oxygen atoms in total. The minimum Gasteiger partial charge on any atom is -0.486 e. The van der Waals surface area contributed by atoms with Gasteiger partial charge in [-0.3, -0.25) is 0 Å². The molecule has 104 valence electrons. The van der Waals surface area contributed by atoms with Gasteiger partial charge < -0.3 is 14.6 Å². The standard InChI is InChI=1S/C12H14O6S/c1-3-19(15,16)9-5-8-4-7(2)17-11(8)10(6-9)18-12(13)14/h5-7H,3-4H2,1-2H3,(H,13,14). The molecule has 0 radical (unpaired) electrons. The van der Waals surface area contributed by atoms with Crippen LogP contribution in [-0.2, 0) is 16.3 Å². The topological polar surface area (TPSA) is 89.9 Å². The number of benzene rings is 1. The van der Waals surface area contributed by atoms with Crippen molar-refractivity contribution in [1.29, 1.82) is 0 Å². The molecule has 1 unspecified atom stereocenters. The number of rotatable bonds is 3. The third-order valence-corrected chi connectivity index (χ3v) is 4.58. The van der Waals surface area contributed by atoms with Crippen LogP contribution in [0, 0.1) is 0 Å². The third-order valence-electron chi connectivity index (χ3n) is 2.87. The normalized spacial score (nSPS) is 17.7. The van der Waals surface area contributed by atoms with Crippen LogP contribution < -0.4 is 9.47 Å². The quantitative estimate of drug-likeness (QED) is 0.673. The summed E-state index contributed by atoms with van der Waals surface area (Å²) in [5.74, 6) is 0.181. The van der Waals surface area contributed by atoms with Crippen molar-refractivity contribution < 1.29 is 27.8 Å². The molecule has 1 aromatic carbocycles. The molecule has 19 heavy (non-hydrogen) atoms. The summed E-state index contributed by atoms with van der Waals surface area (Å²) in [6, 6.07) is 2.72. The van der Waals surface area contributed by atoms with Crippen molar-refractivity contribution in [2.75, 3.05) is 5.75 Å². The van der Waals surface area contributed by atoms with E-state index in [4.69, 9.17) is 9.84 Å². The Hall–Kier alpha value is -1.76. The molecular weight excluding hydrogens is 272 g/mol. The van der Waals surface area contributed by atoms with Crippen molar-refractivity contribution in [2.45, 2.75) is 31.3 Å². The van der Waals surface area contributed by atoms with Crippen LogP contribution in [0.2, 0.25) is 0 Å². The second kappa shape index (κ2) is 4.73. The lowest BCUT2D eigenvalue weighted by molar-refractivity contribution is 0.141. The van der Waals surface area contributed by atoms with E-state index in [1.807, 2.05) is 6.92 Å². The van der Waals surface area contributed by atoms with E-state index in [1.165, 1.54) is 19.1 Å². The highest BCUT2D eigenvalue weighted by Gasteiger charge is 2.27. The first-order valence-corrected chi connectivity index (χ1v) is 7.46. The lowest BCUT2D eigenvalue weighted by Crippen LogP contribution is -2.08. The largest absolute Gasteiger partial charge is 0.511 e. The summed E-state index contributed by atoms with van der Waals surface area (Å²) in [4.78, 5) is 10.7. The van der Waals surface area contributed by atoms with E-state index in [0.29, 0.717) is 17.7 Å². The minimum atomic E-state index is -3.42. The van der Waals surface area contributed by atoms with Crippen LogP contribution in [0.15, 0.2) is 17.0 Å². The van der Waals surface area contributed by atoms with E-state index in [9.17, 15) is 13.2 Å². The average Bonchev–Trinajstić information content (AvgIpc) is 2.69. The molecule has 0 bridgehead atoms. The number of hydrogen-bond acceptors (Lipinski definition) is 5. The summed E-state index contributed by atoms with van der Waals surface area (Å²) < 4.78 is 33.8. The predicted octanol–water partition coefficient (Wildman–Crippen LogP) is 1.86. The molecule has 0 fully saturated rings. The molecule has 0 saturated carbocycles. The number of carbonyl (C=O) groups is 1. The predicted molar refractivity (Wildman–Crippen MR) is 66.6 cm³/mol. The lowest BCUT2D eigenvalue weighted by Gasteiger charge is -2.10. The van der Waals surface area contributed by atoms with Gasteiger partial charge in [-0.15, -0.1) is 0 Å². The van der Waals surface area contributed by atoms with Gasteiger partial charge in [0.25, 0.3) is 0 Å². The Morgan fingerprint density at radius 1 is 1.53 bits per heavy atom. The van der Waals surface area contributed by atoms with E-state index in [0.717, 1.165) is 0 Å². The van der Waals surface area contributed by atoms with Gasteiger partial charge in [0.05, 0.1) is 10.6 Å². The maximum Gasteiger partial charge on any atom is 0.511 e. The van der Waals surface area contributed by atoms with Gasteiger partial charge in [0.15, 0.2) is 21.3 Å².